The summed E-state index contributed by atoms with van der Waals surface area (Å²) in [6.45, 7) is 4.90. The second kappa shape index (κ2) is 12.7. The summed E-state index contributed by atoms with van der Waals surface area (Å²) in [7, 11) is -4.17. The lowest BCUT2D eigenvalue weighted by atomic mass is 10.1. The van der Waals surface area contributed by atoms with Crippen LogP contribution in [0.3, 0.4) is 0 Å². The summed E-state index contributed by atoms with van der Waals surface area (Å²) in [4.78, 5) is 39.2. The van der Waals surface area contributed by atoms with Crippen molar-refractivity contribution in [2.24, 2.45) is 0 Å². The molecular formula is C26H27N3O8S. The van der Waals surface area contributed by atoms with Crippen molar-refractivity contribution in [3.8, 4) is 11.5 Å². The number of carboxylic acids is 1. The van der Waals surface area contributed by atoms with Crippen molar-refractivity contribution in [1.82, 2.24) is 15.0 Å². The highest BCUT2D eigenvalue weighted by molar-refractivity contribution is 7.90. The fourth-order valence-corrected chi connectivity index (χ4v) is 4.32. The number of hydrogen-bond donors (Lipinski definition) is 3. The number of carbonyl (C=O) groups is 3. The SMILES string of the molecule is CCOc1ccc(C(=O)NCCc2ccc(S(=O)(=O)NC(=O)c3ccc(C(=O)O)nc3)cc2)cc1OCC. The maximum atomic E-state index is 12.6. The van der Waals surface area contributed by atoms with Crippen LogP contribution in [0.5, 0.6) is 11.5 Å². The molecule has 1 heterocycles. The number of ether oxygens (including phenoxy) is 2. The van der Waals surface area contributed by atoms with E-state index in [9.17, 15) is 22.8 Å². The summed E-state index contributed by atoms with van der Waals surface area (Å²) in [5.74, 6) is -1.45. The molecule has 3 N–H and O–H groups in total. The highest BCUT2D eigenvalue weighted by Crippen LogP contribution is 2.28. The normalized spacial score (nSPS) is 10.9. The molecule has 0 saturated carbocycles. The van der Waals surface area contributed by atoms with Crippen molar-refractivity contribution in [1.29, 1.82) is 0 Å². The molecule has 12 heteroatoms. The van der Waals surface area contributed by atoms with Crippen LogP contribution in [0.4, 0.5) is 0 Å². The smallest absolute Gasteiger partial charge is 0.354 e. The monoisotopic (exact) mass is 541 g/mol. The zero-order valence-electron chi connectivity index (χ0n) is 20.8. The van der Waals surface area contributed by atoms with Crippen LogP contribution in [0.25, 0.3) is 0 Å². The Hall–Kier alpha value is -4.45. The summed E-state index contributed by atoms with van der Waals surface area (Å²) < 4.78 is 38.1. The lowest BCUT2D eigenvalue weighted by molar-refractivity contribution is 0.0689. The van der Waals surface area contributed by atoms with Gasteiger partial charge in [-0.1, -0.05) is 12.1 Å². The summed E-state index contributed by atoms with van der Waals surface area (Å²) in [5.41, 5.74) is 0.811. The first kappa shape index (κ1) is 28.1. The molecule has 0 radical (unpaired) electrons. The Bertz CT molecular complexity index is 1410. The molecule has 0 atom stereocenters. The molecule has 2 aromatic carbocycles. The quantitative estimate of drug-likeness (QED) is 0.313. The average molecular weight is 542 g/mol. The molecule has 0 unspecified atom stereocenters. The Morgan fingerprint density at radius 1 is 0.868 bits per heavy atom. The number of amides is 2. The molecule has 0 fully saturated rings. The van der Waals surface area contributed by atoms with E-state index in [1.165, 1.54) is 18.2 Å². The molecule has 0 saturated heterocycles. The predicted molar refractivity (Wildman–Crippen MR) is 137 cm³/mol. The minimum absolute atomic E-state index is 0.105. The number of nitrogens with zero attached hydrogens (tertiary/aromatic N) is 1. The minimum Gasteiger partial charge on any atom is -0.490 e. The van der Waals surface area contributed by atoms with Crippen molar-refractivity contribution >= 4 is 27.8 Å². The molecule has 2 amide bonds. The lowest BCUT2D eigenvalue weighted by Crippen LogP contribution is -2.30. The van der Waals surface area contributed by atoms with E-state index in [0.717, 1.165) is 17.8 Å². The van der Waals surface area contributed by atoms with Crippen molar-refractivity contribution < 1.29 is 37.4 Å². The highest BCUT2D eigenvalue weighted by atomic mass is 32.2. The largest absolute Gasteiger partial charge is 0.490 e. The van der Waals surface area contributed by atoms with Gasteiger partial charge in [0.05, 0.1) is 23.7 Å². The molecule has 0 spiro atoms. The Labute approximate surface area is 219 Å². The number of hydrogen-bond acceptors (Lipinski definition) is 8. The number of carbonyl (C=O) groups excluding carboxylic acids is 2. The van der Waals surface area contributed by atoms with Crippen LogP contribution in [-0.2, 0) is 16.4 Å². The average Bonchev–Trinajstić information content (AvgIpc) is 2.90. The van der Waals surface area contributed by atoms with Crippen LogP contribution >= 0.6 is 0 Å². The number of nitrogens with one attached hydrogen (secondary N) is 2. The predicted octanol–water partition coefficient (Wildman–Crippen LogP) is 2.67. The number of carboxylic acid groups (broad SMARTS) is 1. The molecule has 38 heavy (non-hydrogen) atoms. The van der Waals surface area contributed by atoms with Gasteiger partial charge in [0.1, 0.15) is 5.69 Å². The van der Waals surface area contributed by atoms with Crippen LogP contribution in [0.15, 0.2) is 65.7 Å². The van der Waals surface area contributed by atoms with Gasteiger partial charge in [-0.25, -0.2) is 22.9 Å². The zero-order chi connectivity index (χ0) is 27.7. The molecule has 3 aromatic rings. The second-order valence-electron chi connectivity index (χ2n) is 7.85. The summed E-state index contributed by atoms with van der Waals surface area (Å²) in [6.07, 6.45) is 1.42. The van der Waals surface area contributed by atoms with Gasteiger partial charge >= 0.3 is 5.97 Å². The van der Waals surface area contributed by atoms with Crippen molar-refractivity contribution in [2.75, 3.05) is 19.8 Å². The standard InChI is InChI=1S/C26H27N3O8S/c1-3-36-22-12-8-18(15-23(22)37-4-2)24(30)27-14-13-17-5-9-20(10-6-17)38(34,35)29-25(31)19-7-11-21(26(32)33)28-16-19/h5-12,15-16H,3-4,13-14H2,1-2H3,(H,27,30)(H,29,31)(H,32,33). The Balaban J connectivity index is 1.56. The lowest BCUT2D eigenvalue weighted by Gasteiger charge is -2.12. The van der Waals surface area contributed by atoms with Gasteiger partial charge in [0.25, 0.3) is 21.8 Å². The molecule has 0 bridgehead atoms. The first-order valence-corrected chi connectivity index (χ1v) is 13.2. The zero-order valence-corrected chi connectivity index (χ0v) is 21.6. The number of rotatable bonds is 12. The third kappa shape index (κ3) is 7.29. The number of sulfonamides is 1. The van der Waals surface area contributed by atoms with E-state index in [1.807, 2.05) is 18.6 Å². The third-order valence-electron chi connectivity index (χ3n) is 5.21. The van der Waals surface area contributed by atoms with Gasteiger partial charge in [0.15, 0.2) is 11.5 Å². The van der Waals surface area contributed by atoms with Gasteiger partial charge in [-0.3, -0.25) is 9.59 Å². The first-order chi connectivity index (χ1) is 18.1. The van der Waals surface area contributed by atoms with Crippen LogP contribution in [-0.4, -0.2) is 56.1 Å². The van der Waals surface area contributed by atoms with E-state index in [-0.39, 0.29) is 22.1 Å². The minimum atomic E-state index is -4.17. The molecule has 0 aliphatic heterocycles. The number of aromatic nitrogens is 1. The number of benzene rings is 2. The molecule has 0 aliphatic carbocycles. The van der Waals surface area contributed by atoms with Gasteiger partial charge in [0, 0.05) is 18.3 Å². The maximum Gasteiger partial charge on any atom is 0.354 e. The molecular weight excluding hydrogens is 514 g/mol. The number of aromatic carboxylic acids is 1. The van der Waals surface area contributed by atoms with Gasteiger partial charge < -0.3 is 19.9 Å². The van der Waals surface area contributed by atoms with E-state index in [1.54, 1.807) is 30.3 Å². The van der Waals surface area contributed by atoms with E-state index >= 15 is 0 Å². The second-order valence-corrected chi connectivity index (χ2v) is 9.53. The van der Waals surface area contributed by atoms with Crippen LogP contribution < -0.4 is 19.5 Å². The van der Waals surface area contributed by atoms with Crippen molar-refractivity contribution in [2.45, 2.75) is 25.2 Å². The summed E-state index contributed by atoms with van der Waals surface area (Å²) in [6, 6.07) is 13.1. The third-order valence-corrected chi connectivity index (χ3v) is 6.56. The highest BCUT2D eigenvalue weighted by Gasteiger charge is 2.19. The topological polar surface area (TPSA) is 161 Å². The maximum absolute atomic E-state index is 12.6. The van der Waals surface area contributed by atoms with Crippen molar-refractivity contribution in [3.05, 3.63) is 83.2 Å². The Morgan fingerprint density at radius 3 is 2.13 bits per heavy atom. The van der Waals surface area contributed by atoms with Crippen LogP contribution in [0, 0.1) is 0 Å². The van der Waals surface area contributed by atoms with E-state index in [2.05, 4.69) is 10.3 Å². The van der Waals surface area contributed by atoms with E-state index < -0.39 is 21.9 Å². The first-order valence-electron chi connectivity index (χ1n) is 11.7. The molecule has 200 valence electrons. The van der Waals surface area contributed by atoms with Gasteiger partial charge in [-0.05, 0) is 68.3 Å². The van der Waals surface area contributed by atoms with Gasteiger partial charge in [-0.2, -0.15) is 0 Å². The van der Waals surface area contributed by atoms with E-state index in [0.29, 0.717) is 43.2 Å². The Kier molecular flexibility index (Phi) is 9.39. The fraction of sp³-hybridized carbons (Fsp3) is 0.231. The van der Waals surface area contributed by atoms with Gasteiger partial charge in [-0.15, -0.1) is 0 Å². The number of pyridine rings is 1. The molecule has 1 aromatic heterocycles. The van der Waals surface area contributed by atoms with E-state index in [4.69, 9.17) is 14.6 Å². The Morgan fingerprint density at radius 2 is 1.53 bits per heavy atom. The van der Waals surface area contributed by atoms with Gasteiger partial charge in [0.2, 0.25) is 0 Å². The summed E-state index contributed by atoms with van der Waals surface area (Å²) in [5, 5.41) is 11.7. The van der Waals surface area contributed by atoms with Crippen molar-refractivity contribution in [3.63, 3.8) is 0 Å². The fourth-order valence-electron chi connectivity index (χ4n) is 3.34. The summed E-state index contributed by atoms with van der Waals surface area (Å²) >= 11 is 0. The van der Waals surface area contributed by atoms with Crippen LogP contribution in [0.1, 0.15) is 50.6 Å². The molecule has 0 aliphatic rings. The molecule has 11 nitrogen and oxygen atoms in total. The molecule has 3 rings (SSSR count). The van der Waals surface area contributed by atoms with Crippen LogP contribution in [0.2, 0.25) is 0 Å².